The lowest BCUT2D eigenvalue weighted by Crippen LogP contribution is -2.37. The van der Waals surface area contributed by atoms with Crippen LogP contribution in [0.15, 0.2) is 0 Å². The largest absolute Gasteiger partial charge is 0.377 e. The van der Waals surface area contributed by atoms with Crippen molar-refractivity contribution in [1.29, 1.82) is 0 Å². The van der Waals surface area contributed by atoms with Crippen molar-refractivity contribution in [2.75, 3.05) is 46.1 Å². The highest BCUT2D eigenvalue weighted by molar-refractivity contribution is 5.73. The van der Waals surface area contributed by atoms with E-state index in [0.717, 1.165) is 6.42 Å². The zero-order valence-corrected chi connectivity index (χ0v) is 11.8. The van der Waals surface area contributed by atoms with E-state index in [0.29, 0.717) is 46.1 Å². The van der Waals surface area contributed by atoms with E-state index in [1.54, 1.807) is 0 Å². The van der Waals surface area contributed by atoms with Crippen LogP contribution in [0, 0.1) is 0 Å². The van der Waals surface area contributed by atoms with Crippen LogP contribution in [-0.2, 0) is 14.3 Å². The third-order valence-corrected chi connectivity index (χ3v) is 2.06. The molecule has 0 aliphatic heterocycles. The number of carbonyl (C=O) groups is 2. The molecule has 0 aliphatic rings. The highest BCUT2D eigenvalue weighted by Gasteiger charge is 1.97. The first-order chi connectivity index (χ1) is 9.16. The second-order valence-corrected chi connectivity index (χ2v) is 3.89. The molecule has 0 aromatic carbocycles. The number of ether oxygens (including phenoxy) is 2. The molecule has 0 bridgehead atoms. The highest BCUT2D eigenvalue weighted by atomic mass is 16.5. The predicted molar refractivity (Wildman–Crippen MR) is 72.0 cm³/mol. The number of carbonyl (C=O) groups excluding carboxylic acids is 2. The van der Waals surface area contributed by atoms with Crippen molar-refractivity contribution in [1.82, 2.24) is 16.0 Å². The van der Waals surface area contributed by atoms with Gasteiger partial charge in [0.15, 0.2) is 0 Å². The van der Waals surface area contributed by atoms with Gasteiger partial charge in [0.25, 0.3) is 0 Å². The third kappa shape index (κ3) is 14.6. The van der Waals surface area contributed by atoms with Gasteiger partial charge in [-0.15, -0.1) is 0 Å². The summed E-state index contributed by atoms with van der Waals surface area (Å²) in [6.45, 7) is 6.99. The van der Waals surface area contributed by atoms with Crippen LogP contribution in [0.2, 0.25) is 0 Å². The normalized spacial score (nSPS) is 10.0. The fourth-order valence-corrected chi connectivity index (χ4v) is 1.16. The molecule has 0 aromatic rings. The van der Waals surface area contributed by atoms with Crippen LogP contribution in [0.3, 0.4) is 0 Å². The van der Waals surface area contributed by atoms with Crippen LogP contribution in [-0.4, -0.2) is 58.0 Å². The van der Waals surface area contributed by atoms with Gasteiger partial charge >= 0.3 is 6.03 Å². The lowest BCUT2D eigenvalue weighted by molar-refractivity contribution is -0.119. The molecule has 0 unspecified atom stereocenters. The van der Waals surface area contributed by atoms with E-state index in [2.05, 4.69) is 16.0 Å². The number of hydrogen-bond acceptors (Lipinski definition) is 4. The molecule has 0 saturated heterocycles. The minimum atomic E-state index is -0.169. The second kappa shape index (κ2) is 13.1. The Morgan fingerprint density at radius 2 is 1.37 bits per heavy atom. The average molecular weight is 275 g/mol. The molecule has 0 heterocycles. The van der Waals surface area contributed by atoms with Crippen molar-refractivity contribution in [3.63, 3.8) is 0 Å². The van der Waals surface area contributed by atoms with Gasteiger partial charge in [-0.05, 0) is 6.42 Å². The van der Waals surface area contributed by atoms with Gasteiger partial charge in [-0.2, -0.15) is 0 Å². The molecule has 0 rings (SSSR count). The van der Waals surface area contributed by atoms with Crippen molar-refractivity contribution >= 4 is 11.9 Å². The predicted octanol–water partition coefficient (Wildman–Crippen LogP) is -0.135. The van der Waals surface area contributed by atoms with Crippen LogP contribution in [0.4, 0.5) is 4.79 Å². The van der Waals surface area contributed by atoms with Crippen molar-refractivity contribution in [3.05, 3.63) is 0 Å². The SMILES string of the molecule is CCCNC(=O)NCCOCCOCCNC(C)=O. The molecule has 112 valence electrons. The van der Waals surface area contributed by atoms with E-state index >= 15 is 0 Å². The molecule has 3 amide bonds. The minimum Gasteiger partial charge on any atom is -0.377 e. The standard InChI is InChI=1S/C12H25N3O4/c1-3-4-14-12(17)15-6-8-19-10-9-18-7-5-13-11(2)16/h3-10H2,1-2H3,(H,13,16)(H2,14,15,17). The van der Waals surface area contributed by atoms with Gasteiger partial charge in [-0.1, -0.05) is 6.92 Å². The van der Waals surface area contributed by atoms with E-state index in [-0.39, 0.29) is 11.9 Å². The number of amides is 3. The Morgan fingerprint density at radius 3 is 1.89 bits per heavy atom. The summed E-state index contributed by atoms with van der Waals surface area (Å²) in [5.74, 6) is -0.0627. The van der Waals surface area contributed by atoms with E-state index < -0.39 is 0 Å². The van der Waals surface area contributed by atoms with E-state index in [1.807, 2.05) is 6.92 Å². The minimum absolute atomic E-state index is 0.0627. The highest BCUT2D eigenvalue weighted by Crippen LogP contribution is 1.78. The summed E-state index contributed by atoms with van der Waals surface area (Å²) in [7, 11) is 0. The molecule has 0 fully saturated rings. The van der Waals surface area contributed by atoms with Crippen molar-refractivity contribution in [2.45, 2.75) is 20.3 Å². The fourth-order valence-electron chi connectivity index (χ4n) is 1.16. The summed E-state index contributed by atoms with van der Waals surface area (Å²) in [4.78, 5) is 21.7. The Morgan fingerprint density at radius 1 is 0.842 bits per heavy atom. The molecular formula is C12H25N3O4. The van der Waals surface area contributed by atoms with Gasteiger partial charge in [0, 0.05) is 26.6 Å². The van der Waals surface area contributed by atoms with Gasteiger partial charge in [0.1, 0.15) is 0 Å². The molecule has 0 saturated carbocycles. The zero-order valence-electron chi connectivity index (χ0n) is 11.8. The Balaban J connectivity index is 3.10. The van der Waals surface area contributed by atoms with Crippen LogP contribution >= 0.6 is 0 Å². The first kappa shape index (κ1) is 17.7. The van der Waals surface area contributed by atoms with Crippen molar-refractivity contribution < 1.29 is 19.1 Å². The molecule has 0 aliphatic carbocycles. The molecule has 19 heavy (non-hydrogen) atoms. The van der Waals surface area contributed by atoms with E-state index in [4.69, 9.17) is 9.47 Å². The molecule has 0 atom stereocenters. The van der Waals surface area contributed by atoms with Gasteiger partial charge in [0.05, 0.1) is 26.4 Å². The van der Waals surface area contributed by atoms with Gasteiger partial charge < -0.3 is 25.4 Å². The average Bonchev–Trinajstić information content (AvgIpc) is 2.38. The quantitative estimate of drug-likeness (QED) is 0.458. The summed E-state index contributed by atoms with van der Waals surface area (Å²) >= 11 is 0. The van der Waals surface area contributed by atoms with Gasteiger partial charge in [-0.25, -0.2) is 4.79 Å². The molecule has 7 heteroatoms. The summed E-state index contributed by atoms with van der Waals surface area (Å²) in [6, 6.07) is -0.169. The Labute approximate surface area is 114 Å². The van der Waals surface area contributed by atoms with Crippen LogP contribution < -0.4 is 16.0 Å². The van der Waals surface area contributed by atoms with Gasteiger partial charge in [0.2, 0.25) is 5.91 Å². The topological polar surface area (TPSA) is 88.7 Å². The summed E-state index contributed by atoms with van der Waals surface area (Å²) in [5.41, 5.74) is 0. The van der Waals surface area contributed by atoms with Gasteiger partial charge in [-0.3, -0.25) is 4.79 Å². The maximum Gasteiger partial charge on any atom is 0.314 e. The number of nitrogens with one attached hydrogen (secondary N) is 3. The van der Waals surface area contributed by atoms with E-state index in [1.165, 1.54) is 6.92 Å². The molecule has 0 radical (unpaired) electrons. The molecule has 7 nitrogen and oxygen atoms in total. The fraction of sp³-hybridized carbons (Fsp3) is 0.833. The van der Waals surface area contributed by atoms with Crippen LogP contribution in [0.25, 0.3) is 0 Å². The Kier molecular flexibility index (Phi) is 12.2. The van der Waals surface area contributed by atoms with Crippen LogP contribution in [0.5, 0.6) is 0 Å². The maximum atomic E-state index is 11.1. The summed E-state index contributed by atoms with van der Waals surface area (Å²) in [6.07, 6.45) is 0.916. The number of hydrogen-bond donors (Lipinski definition) is 3. The summed E-state index contributed by atoms with van der Waals surface area (Å²) < 4.78 is 10.5. The monoisotopic (exact) mass is 275 g/mol. The lowest BCUT2D eigenvalue weighted by Gasteiger charge is -2.08. The third-order valence-electron chi connectivity index (χ3n) is 2.06. The molecular weight excluding hydrogens is 250 g/mol. The second-order valence-electron chi connectivity index (χ2n) is 3.89. The zero-order chi connectivity index (χ0) is 14.3. The van der Waals surface area contributed by atoms with Crippen molar-refractivity contribution in [3.8, 4) is 0 Å². The van der Waals surface area contributed by atoms with Crippen molar-refractivity contribution in [2.24, 2.45) is 0 Å². The number of rotatable bonds is 11. The first-order valence-corrected chi connectivity index (χ1v) is 6.58. The smallest absolute Gasteiger partial charge is 0.314 e. The van der Waals surface area contributed by atoms with E-state index in [9.17, 15) is 9.59 Å². The molecule has 0 spiro atoms. The number of urea groups is 1. The molecule has 0 aromatic heterocycles. The Bertz CT molecular complexity index is 249. The van der Waals surface area contributed by atoms with Crippen LogP contribution in [0.1, 0.15) is 20.3 Å². The summed E-state index contributed by atoms with van der Waals surface area (Å²) in [5, 5.41) is 8.01. The Hall–Kier alpha value is -1.34. The molecule has 3 N–H and O–H groups in total. The first-order valence-electron chi connectivity index (χ1n) is 6.58. The lowest BCUT2D eigenvalue weighted by atomic mass is 10.5. The maximum absolute atomic E-state index is 11.1.